The van der Waals surface area contributed by atoms with Gasteiger partial charge >= 0.3 is 0 Å². The molecular weight excluding hydrogens is 545 g/mol. The molecular formula is C31H38FN3O5S. The fourth-order valence-corrected chi connectivity index (χ4v) is 5.58. The van der Waals surface area contributed by atoms with Gasteiger partial charge in [0.1, 0.15) is 24.2 Å². The van der Waals surface area contributed by atoms with Crippen molar-refractivity contribution in [1.29, 1.82) is 0 Å². The van der Waals surface area contributed by atoms with Gasteiger partial charge in [-0.25, -0.2) is 12.8 Å². The molecule has 0 aromatic heterocycles. The Morgan fingerprint density at radius 1 is 0.976 bits per heavy atom. The van der Waals surface area contributed by atoms with E-state index in [-0.39, 0.29) is 23.0 Å². The van der Waals surface area contributed by atoms with Crippen LogP contribution in [0.2, 0.25) is 0 Å². The third kappa shape index (κ3) is 8.29. The van der Waals surface area contributed by atoms with Crippen LogP contribution in [0.1, 0.15) is 45.7 Å². The number of aryl methyl sites for hydroxylation is 1. The maximum atomic E-state index is 14.0. The van der Waals surface area contributed by atoms with Crippen molar-refractivity contribution in [2.24, 2.45) is 0 Å². The smallest absolute Gasteiger partial charge is 0.264 e. The van der Waals surface area contributed by atoms with E-state index in [1.54, 1.807) is 31.2 Å². The minimum absolute atomic E-state index is 0.0952. The molecule has 0 spiro atoms. The summed E-state index contributed by atoms with van der Waals surface area (Å²) in [6.07, 6.45) is 0. The SMILES string of the molecule is CCOc1ccc(N(CC(=O)N(Cc2ccccc2C)[C@@H](C)C(=O)NC(C)(C)C)S(=O)(=O)c2ccc(F)cc2)cc1. The molecule has 2 amide bonds. The van der Waals surface area contributed by atoms with Crippen LogP contribution in [0.4, 0.5) is 10.1 Å². The minimum atomic E-state index is -4.30. The Balaban J connectivity index is 2.05. The van der Waals surface area contributed by atoms with Crippen molar-refractivity contribution in [2.75, 3.05) is 17.5 Å². The number of amides is 2. The van der Waals surface area contributed by atoms with Crippen LogP contribution in [-0.4, -0.2) is 49.9 Å². The zero-order chi connectivity index (χ0) is 30.4. The molecule has 0 unspecified atom stereocenters. The molecule has 0 aliphatic carbocycles. The van der Waals surface area contributed by atoms with Crippen molar-refractivity contribution in [1.82, 2.24) is 10.2 Å². The van der Waals surface area contributed by atoms with E-state index in [0.717, 1.165) is 39.7 Å². The van der Waals surface area contributed by atoms with Crippen molar-refractivity contribution in [3.05, 3.63) is 89.7 Å². The van der Waals surface area contributed by atoms with Gasteiger partial charge in [-0.3, -0.25) is 13.9 Å². The number of nitrogens with zero attached hydrogens (tertiary/aromatic N) is 2. The lowest BCUT2D eigenvalue weighted by Crippen LogP contribution is -2.54. The first-order valence-corrected chi connectivity index (χ1v) is 14.8. The highest BCUT2D eigenvalue weighted by atomic mass is 32.2. The number of halogens is 1. The Morgan fingerprint density at radius 3 is 2.15 bits per heavy atom. The normalized spacial score (nSPS) is 12.4. The highest BCUT2D eigenvalue weighted by Gasteiger charge is 2.33. The van der Waals surface area contributed by atoms with Gasteiger partial charge in [-0.05, 0) is 101 Å². The summed E-state index contributed by atoms with van der Waals surface area (Å²) in [6.45, 7) is 10.8. The summed E-state index contributed by atoms with van der Waals surface area (Å²) in [6, 6.07) is 17.3. The molecule has 0 radical (unpaired) electrons. The first-order chi connectivity index (χ1) is 19.2. The van der Waals surface area contributed by atoms with Gasteiger partial charge in [-0.1, -0.05) is 24.3 Å². The van der Waals surface area contributed by atoms with Gasteiger partial charge in [-0.15, -0.1) is 0 Å². The van der Waals surface area contributed by atoms with Crippen LogP contribution in [0.5, 0.6) is 5.75 Å². The minimum Gasteiger partial charge on any atom is -0.494 e. The number of benzene rings is 3. The summed E-state index contributed by atoms with van der Waals surface area (Å²) in [4.78, 5) is 28.4. The lowest BCUT2D eigenvalue weighted by molar-refractivity contribution is -0.140. The first kappa shape index (κ1) is 31.6. The summed E-state index contributed by atoms with van der Waals surface area (Å²) in [5.41, 5.74) is 1.43. The monoisotopic (exact) mass is 583 g/mol. The Kier molecular flexibility index (Phi) is 10.1. The van der Waals surface area contributed by atoms with Gasteiger partial charge in [0.25, 0.3) is 10.0 Å². The molecule has 0 bridgehead atoms. The topological polar surface area (TPSA) is 96.0 Å². The number of ether oxygens (including phenoxy) is 1. The molecule has 0 fully saturated rings. The molecule has 0 aliphatic heterocycles. The van der Waals surface area contributed by atoms with Crippen LogP contribution < -0.4 is 14.4 Å². The van der Waals surface area contributed by atoms with Crippen LogP contribution in [0.3, 0.4) is 0 Å². The van der Waals surface area contributed by atoms with Crippen molar-refractivity contribution in [3.63, 3.8) is 0 Å². The number of hydrogen-bond acceptors (Lipinski definition) is 5. The van der Waals surface area contributed by atoms with Gasteiger partial charge in [0.15, 0.2) is 0 Å². The number of sulfonamides is 1. The predicted octanol–water partition coefficient (Wildman–Crippen LogP) is 5.06. The van der Waals surface area contributed by atoms with Gasteiger partial charge in [0, 0.05) is 12.1 Å². The average molecular weight is 584 g/mol. The fourth-order valence-electron chi connectivity index (χ4n) is 4.17. The average Bonchev–Trinajstić information content (AvgIpc) is 2.90. The molecule has 0 saturated heterocycles. The second-order valence-electron chi connectivity index (χ2n) is 10.8. The molecule has 0 saturated carbocycles. The zero-order valence-electron chi connectivity index (χ0n) is 24.3. The van der Waals surface area contributed by atoms with E-state index in [1.165, 1.54) is 4.90 Å². The summed E-state index contributed by atoms with van der Waals surface area (Å²) >= 11 is 0. The van der Waals surface area contributed by atoms with E-state index in [1.807, 2.05) is 58.9 Å². The molecule has 1 N–H and O–H groups in total. The largest absolute Gasteiger partial charge is 0.494 e. The number of hydrogen-bond donors (Lipinski definition) is 1. The van der Waals surface area contributed by atoms with E-state index in [2.05, 4.69) is 5.32 Å². The lowest BCUT2D eigenvalue weighted by Gasteiger charge is -2.33. The van der Waals surface area contributed by atoms with Crippen molar-refractivity contribution >= 4 is 27.5 Å². The van der Waals surface area contributed by atoms with E-state index in [4.69, 9.17) is 4.74 Å². The summed E-state index contributed by atoms with van der Waals surface area (Å²) in [5, 5.41) is 2.91. The number of carbonyl (C=O) groups excluding carboxylic acids is 2. The quantitative estimate of drug-likeness (QED) is 0.341. The summed E-state index contributed by atoms with van der Waals surface area (Å²) in [7, 11) is -4.30. The fraction of sp³-hybridized carbons (Fsp3) is 0.355. The van der Waals surface area contributed by atoms with E-state index in [9.17, 15) is 22.4 Å². The lowest BCUT2D eigenvalue weighted by atomic mass is 10.1. The van der Waals surface area contributed by atoms with Crippen molar-refractivity contribution in [3.8, 4) is 5.75 Å². The molecule has 10 heteroatoms. The van der Waals surface area contributed by atoms with Crippen LogP contribution in [0.25, 0.3) is 0 Å². The summed E-state index contributed by atoms with van der Waals surface area (Å²) < 4.78 is 47.8. The van der Waals surface area contributed by atoms with Gasteiger partial charge < -0.3 is 15.0 Å². The maximum Gasteiger partial charge on any atom is 0.264 e. The van der Waals surface area contributed by atoms with Crippen LogP contribution in [-0.2, 0) is 26.2 Å². The molecule has 3 aromatic carbocycles. The Morgan fingerprint density at radius 2 is 1.59 bits per heavy atom. The molecule has 3 aromatic rings. The second kappa shape index (κ2) is 13.2. The Hall–Kier alpha value is -3.92. The second-order valence-corrected chi connectivity index (χ2v) is 12.6. The van der Waals surface area contributed by atoms with E-state index >= 15 is 0 Å². The first-order valence-electron chi connectivity index (χ1n) is 13.4. The van der Waals surface area contributed by atoms with Gasteiger partial charge in [-0.2, -0.15) is 0 Å². The number of rotatable bonds is 11. The van der Waals surface area contributed by atoms with Crippen molar-refractivity contribution < 1.29 is 27.1 Å². The number of carbonyl (C=O) groups is 2. The molecule has 41 heavy (non-hydrogen) atoms. The predicted molar refractivity (Wildman–Crippen MR) is 158 cm³/mol. The molecule has 8 nitrogen and oxygen atoms in total. The Labute approximate surface area is 242 Å². The van der Waals surface area contributed by atoms with Crippen molar-refractivity contribution in [2.45, 2.75) is 64.6 Å². The molecule has 3 rings (SSSR count). The van der Waals surface area contributed by atoms with Crippen LogP contribution in [0.15, 0.2) is 77.7 Å². The molecule has 0 aliphatic rings. The molecule has 0 heterocycles. The van der Waals surface area contributed by atoms with Gasteiger partial charge in [0.2, 0.25) is 11.8 Å². The highest BCUT2D eigenvalue weighted by molar-refractivity contribution is 7.92. The highest BCUT2D eigenvalue weighted by Crippen LogP contribution is 2.27. The van der Waals surface area contributed by atoms with E-state index < -0.39 is 39.9 Å². The van der Waals surface area contributed by atoms with Crippen LogP contribution >= 0.6 is 0 Å². The molecule has 220 valence electrons. The number of anilines is 1. The Bertz CT molecular complexity index is 1450. The standard InChI is InChI=1S/C31H38FN3O5S/c1-7-40-27-16-14-26(15-17-27)35(41(38,39)28-18-12-25(32)13-19-28)21-29(36)34(20-24-11-9-8-10-22(24)2)23(3)30(37)33-31(4,5)6/h8-19,23H,7,20-21H2,1-6H3,(H,33,37)/t23-/m0/s1. The summed E-state index contributed by atoms with van der Waals surface area (Å²) in [5.74, 6) is -0.996. The van der Waals surface area contributed by atoms with Gasteiger partial charge in [0.05, 0.1) is 17.2 Å². The third-order valence-corrected chi connectivity index (χ3v) is 8.17. The third-order valence-electron chi connectivity index (χ3n) is 6.38. The van der Waals surface area contributed by atoms with Crippen LogP contribution in [0, 0.1) is 12.7 Å². The zero-order valence-corrected chi connectivity index (χ0v) is 25.2. The molecule has 1 atom stereocenters. The number of nitrogens with one attached hydrogen (secondary N) is 1. The maximum absolute atomic E-state index is 14.0. The van der Waals surface area contributed by atoms with E-state index in [0.29, 0.717) is 12.4 Å².